The van der Waals surface area contributed by atoms with Gasteiger partial charge in [0.1, 0.15) is 0 Å². The Morgan fingerprint density at radius 2 is 1.80 bits per heavy atom. The Balaban J connectivity index is 3.15. The minimum absolute atomic E-state index is 0.231. The van der Waals surface area contributed by atoms with Crippen LogP contribution in [0.5, 0.6) is 0 Å². The van der Waals surface area contributed by atoms with E-state index in [9.17, 15) is 22.7 Å². The van der Waals surface area contributed by atoms with Gasteiger partial charge in [-0.2, -0.15) is 4.20 Å². The first-order chi connectivity index (χ1) is 6.85. The summed E-state index contributed by atoms with van der Waals surface area (Å²) in [6, 6.07) is 4.12. The van der Waals surface area contributed by atoms with Crippen LogP contribution in [0.4, 0.5) is 9.88 Å². The lowest BCUT2D eigenvalue weighted by Gasteiger charge is -2.01. The van der Waals surface area contributed by atoms with Crippen molar-refractivity contribution in [1.82, 2.24) is 0 Å². The summed E-state index contributed by atoms with van der Waals surface area (Å²) < 4.78 is 35.3. The second kappa shape index (κ2) is 4.67. The summed E-state index contributed by atoms with van der Waals surface area (Å²) in [5, 5.41) is 7.61. The number of benzene rings is 1. The van der Waals surface area contributed by atoms with E-state index in [2.05, 4.69) is 0 Å². The molecule has 0 amide bonds. The van der Waals surface area contributed by atoms with Crippen molar-refractivity contribution in [3.63, 3.8) is 0 Å². The van der Waals surface area contributed by atoms with Gasteiger partial charge < -0.3 is 0 Å². The maximum atomic E-state index is 12.8. The van der Waals surface area contributed by atoms with Gasteiger partial charge in [0.25, 0.3) is 10.8 Å². The highest BCUT2D eigenvalue weighted by molar-refractivity contribution is 14.2. The van der Waals surface area contributed by atoms with Crippen molar-refractivity contribution in [2.24, 2.45) is 0 Å². The Hall–Kier alpha value is -0.340. The lowest BCUT2D eigenvalue weighted by molar-refractivity contribution is -0.384. The quantitative estimate of drug-likeness (QED) is 0.358. The van der Waals surface area contributed by atoms with Gasteiger partial charge in [-0.3, -0.25) is 10.1 Å². The third-order valence-corrected chi connectivity index (χ3v) is 9.15. The fourth-order valence-corrected chi connectivity index (χ4v) is 4.35. The summed E-state index contributed by atoms with van der Waals surface area (Å²) in [6.45, 7) is 0. The number of hydrogen-bond acceptors (Lipinski definition) is 4. The summed E-state index contributed by atoms with van der Waals surface area (Å²) in [6.07, 6.45) is 0. The number of rotatable bonds is 3. The zero-order valence-corrected chi connectivity index (χ0v) is 10.9. The first-order valence-corrected chi connectivity index (χ1v) is 9.57. The molecule has 1 rings (SSSR count). The van der Waals surface area contributed by atoms with Crippen molar-refractivity contribution in [1.29, 1.82) is 0 Å². The summed E-state index contributed by atoms with van der Waals surface area (Å²) in [5.41, 5.74) is -0.231. The fourth-order valence-electron chi connectivity index (χ4n) is 0.820. The van der Waals surface area contributed by atoms with Crippen LogP contribution in [0.1, 0.15) is 0 Å². The molecule has 0 radical (unpaired) electrons. The van der Waals surface area contributed by atoms with Crippen LogP contribution in [0, 0.1) is 10.1 Å². The molecule has 15 heavy (non-hydrogen) atoms. The molecular weight excluding hydrogens is 359 g/mol. The van der Waals surface area contributed by atoms with Crippen molar-refractivity contribution in [3.05, 3.63) is 34.4 Å². The van der Waals surface area contributed by atoms with E-state index < -0.39 is 19.5 Å². The van der Waals surface area contributed by atoms with E-state index in [1.165, 1.54) is 22.0 Å². The summed E-state index contributed by atoms with van der Waals surface area (Å²) >= 11 is 1.19. The maximum Gasteiger partial charge on any atom is 0.272 e. The third kappa shape index (κ3) is 2.82. The predicted molar refractivity (Wildman–Crippen MR) is 62.3 cm³/mol. The van der Waals surface area contributed by atoms with Crippen LogP contribution >= 0.6 is 27.1 Å². The minimum atomic E-state index is -3.96. The van der Waals surface area contributed by atoms with Gasteiger partial charge in [0.2, 0.25) is 9.46 Å². The highest BCUT2D eigenvalue weighted by Crippen LogP contribution is 2.55. The molecule has 0 N–H and O–H groups in total. The zero-order chi connectivity index (χ0) is 11.6. The van der Waals surface area contributed by atoms with Gasteiger partial charge in [0.05, 0.1) is 9.82 Å². The lowest BCUT2D eigenvalue weighted by Crippen LogP contribution is -1.94. The van der Waals surface area contributed by atoms with Crippen LogP contribution in [0.15, 0.2) is 29.2 Å². The number of nitrogens with zero attached hydrogens (tertiary/aromatic N) is 1. The van der Waals surface area contributed by atoms with Gasteiger partial charge in [0, 0.05) is 34.2 Å². The largest absolute Gasteiger partial charge is 0.272 e. The monoisotopic (exact) mass is 363 g/mol. The maximum absolute atomic E-state index is 12.8. The molecule has 0 saturated carbocycles. The highest BCUT2D eigenvalue weighted by atomic mass is 127. The first kappa shape index (κ1) is 12.7. The molecule has 0 aromatic heterocycles. The molecule has 5 nitrogen and oxygen atoms in total. The zero-order valence-electron chi connectivity index (χ0n) is 7.00. The molecule has 82 valence electrons. The molecule has 1 aromatic rings. The van der Waals surface area contributed by atoms with Gasteiger partial charge >= 0.3 is 0 Å². The number of halogens is 2. The molecule has 1 atom stereocenters. The molecule has 0 aliphatic carbocycles. The Labute approximate surface area is 98.9 Å². The van der Waals surface area contributed by atoms with Crippen LogP contribution in [-0.4, -0.2) is 13.3 Å². The van der Waals surface area contributed by atoms with E-state index in [1.807, 2.05) is 0 Å². The van der Waals surface area contributed by atoms with Gasteiger partial charge in [-0.15, -0.1) is 0 Å². The first-order valence-electron chi connectivity index (χ1n) is 3.47. The van der Waals surface area contributed by atoms with Gasteiger partial charge in [0.15, 0.2) is 0 Å². The molecule has 0 fully saturated rings. The molecule has 0 aliphatic rings. The molecule has 0 aliphatic heterocycles. The molecule has 0 saturated heterocycles. The van der Waals surface area contributed by atoms with Crippen molar-refractivity contribution < 1.29 is 17.5 Å². The predicted octanol–water partition coefficient (Wildman–Crippen LogP) is 3.00. The molecule has 0 bridgehead atoms. The molecule has 1 unspecified atom stereocenters. The average Bonchev–Trinajstić information content (AvgIpc) is 2.17. The summed E-state index contributed by atoms with van der Waals surface area (Å²) in [4.78, 5) is 9.39. The van der Waals surface area contributed by atoms with Gasteiger partial charge in [-0.1, -0.05) is 0 Å². The Kier molecular flexibility index (Phi) is 3.96. The van der Waals surface area contributed by atoms with Crippen LogP contribution < -0.4 is 0 Å². The van der Waals surface area contributed by atoms with E-state index in [0.717, 1.165) is 24.3 Å². The Morgan fingerprint density at radius 3 is 2.13 bits per heavy atom. The smallest absolute Gasteiger partial charge is 0.258 e. The molecule has 1 aromatic carbocycles. The average molecular weight is 363 g/mol. The highest BCUT2D eigenvalue weighted by Gasteiger charge is 2.25. The summed E-state index contributed by atoms with van der Waals surface area (Å²) in [7, 11) is -3.96. The summed E-state index contributed by atoms with van der Waals surface area (Å²) in [5.74, 6) is 0. The SMILES string of the molecule is O=[N+]([O-])c1ccc(S(=O)(=O)P(F)I)cc1. The number of nitro groups is 1. The van der Waals surface area contributed by atoms with E-state index in [-0.39, 0.29) is 10.6 Å². The van der Waals surface area contributed by atoms with Gasteiger partial charge in [-0.05, 0) is 12.1 Å². The number of non-ortho nitro benzene ring substituents is 1. The fraction of sp³-hybridized carbons (Fsp3) is 0. The van der Waals surface area contributed by atoms with Crippen LogP contribution in [0.25, 0.3) is 0 Å². The topological polar surface area (TPSA) is 77.3 Å². The van der Waals surface area contributed by atoms with Crippen LogP contribution in [-0.2, 0) is 9.46 Å². The lowest BCUT2D eigenvalue weighted by atomic mass is 10.3. The molecular formula is C6H4FINO4PS. The molecule has 9 heteroatoms. The number of hydrogen-bond donors (Lipinski definition) is 0. The third-order valence-electron chi connectivity index (χ3n) is 1.53. The Morgan fingerprint density at radius 1 is 1.33 bits per heavy atom. The molecule has 0 spiro atoms. The molecule has 0 heterocycles. The van der Waals surface area contributed by atoms with E-state index in [0.29, 0.717) is 0 Å². The normalized spacial score (nSPS) is 13.5. The van der Waals surface area contributed by atoms with Crippen molar-refractivity contribution in [2.75, 3.05) is 0 Å². The van der Waals surface area contributed by atoms with E-state index in [4.69, 9.17) is 0 Å². The second-order valence-electron chi connectivity index (χ2n) is 2.43. The van der Waals surface area contributed by atoms with Crippen molar-refractivity contribution in [3.8, 4) is 0 Å². The number of nitro benzene ring substituents is 1. The van der Waals surface area contributed by atoms with E-state index >= 15 is 0 Å². The Bertz CT molecular complexity index is 474. The van der Waals surface area contributed by atoms with Crippen LogP contribution in [0.3, 0.4) is 0 Å². The van der Waals surface area contributed by atoms with E-state index in [1.54, 1.807) is 0 Å². The van der Waals surface area contributed by atoms with Crippen LogP contribution in [0.2, 0.25) is 0 Å². The van der Waals surface area contributed by atoms with Gasteiger partial charge in [-0.25, -0.2) is 8.42 Å². The van der Waals surface area contributed by atoms with Crippen molar-refractivity contribution in [2.45, 2.75) is 4.90 Å². The standard InChI is InChI=1S/C6H4FINO4PS/c7-14(8)15(12,13)6-3-1-5(2-4-6)9(10)11/h1-4H. The second-order valence-corrected chi connectivity index (χ2v) is 11.2. The van der Waals surface area contributed by atoms with Crippen molar-refractivity contribution >= 4 is 42.3 Å². The minimum Gasteiger partial charge on any atom is -0.258 e.